The number of nitro groups is 2. The third-order valence-corrected chi connectivity index (χ3v) is 4.63. The number of thioether (sulfide) groups is 1. The second-order valence-electron chi connectivity index (χ2n) is 6.08. The number of nitrogens with zero attached hydrogens (tertiary/aromatic N) is 4. The van der Waals surface area contributed by atoms with Gasteiger partial charge in [-0.1, -0.05) is 0 Å². The van der Waals surface area contributed by atoms with E-state index < -0.39 is 21.7 Å². The topological polar surface area (TPSA) is 210 Å². The van der Waals surface area contributed by atoms with Gasteiger partial charge in [0.2, 0.25) is 11.8 Å². The summed E-state index contributed by atoms with van der Waals surface area (Å²) in [7, 11) is 0. The fraction of sp³-hybridized carbons (Fsp3) is 0.111. The highest BCUT2D eigenvalue weighted by Crippen LogP contribution is 2.22. The molecule has 14 nitrogen and oxygen atoms in total. The summed E-state index contributed by atoms with van der Waals surface area (Å²) in [5.74, 6) is -1.97. The van der Waals surface area contributed by atoms with Gasteiger partial charge < -0.3 is 10.2 Å². The first-order chi connectivity index (χ1) is 15.7. The monoisotopic (exact) mass is 476 g/mol. The van der Waals surface area contributed by atoms with Crippen LogP contribution in [0.2, 0.25) is 0 Å². The molecule has 2 rings (SSSR count). The van der Waals surface area contributed by atoms with Crippen LogP contribution in [-0.2, 0) is 9.59 Å². The Morgan fingerprint density at radius 3 is 1.61 bits per heavy atom. The lowest BCUT2D eigenvalue weighted by molar-refractivity contribution is -0.385. The van der Waals surface area contributed by atoms with Crippen LogP contribution in [0.15, 0.2) is 46.6 Å². The number of phenolic OH excluding ortho intramolecular Hbond substituents is 2. The number of rotatable bonds is 10. The number of phenols is 2. The van der Waals surface area contributed by atoms with Crippen LogP contribution in [0.1, 0.15) is 11.1 Å². The summed E-state index contributed by atoms with van der Waals surface area (Å²) in [6.45, 7) is 0. The molecule has 2 aromatic carbocycles. The summed E-state index contributed by atoms with van der Waals surface area (Å²) >= 11 is 0.932. The van der Waals surface area contributed by atoms with Crippen molar-refractivity contribution in [2.45, 2.75) is 0 Å². The van der Waals surface area contributed by atoms with E-state index in [1.807, 2.05) is 0 Å². The van der Waals surface area contributed by atoms with Crippen LogP contribution in [0.4, 0.5) is 11.4 Å². The van der Waals surface area contributed by atoms with E-state index in [0.717, 1.165) is 60.6 Å². The number of hydrogen-bond donors (Lipinski definition) is 4. The summed E-state index contributed by atoms with van der Waals surface area (Å²) in [5.41, 5.74) is 3.85. The first-order valence-electron chi connectivity index (χ1n) is 8.83. The van der Waals surface area contributed by atoms with Crippen molar-refractivity contribution in [3.63, 3.8) is 0 Å². The van der Waals surface area contributed by atoms with Crippen LogP contribution in [-0.4, -0.2) is 55.8 Å². The minimum atomic E-state index is -0.645. The smallest absolute Gasteiger partial charge is 0.270 e. The molecule has 15 heteroatoms. The van der Waals surface area contributed by atoms with E-state index in [9.17, 15) is 40.0 Å². The average Bonchev–Trinajstić information content (AvgIpc) is 2.76. The Morgan fingerprint density at radius 2 is 1.24 bits per heavy atom. The second-order valence-corrected chi connectivity index (χ2v) is 7.07. The number of carbonyl (C=O) groups is 2. The molecule has 4 N–H and O–H groups in total. The Balaban J connectivity index is 1.76. The van der Waals surface area contributed by atoms with Crippen molar-refractivity contribution in [1.82, 2.24) is 10.9 Å². The van der Waals surface area contributed by atoms with Crippen molar-refractivity contribution in [2.24, 2.45) is 10.2 Å². The zero-order valence-corrected chi connectivity index (χ0v) is 17.4. The minimum absolute atomic E-state index is 0.0316. The van der Waals surface area contributed by atoms with Gasteiger partial charge in [0.05, 0.1) is 33.8 Å². The molecule has 2 aromatic rings. The first-order valence-corrected chi connectivity index (χ1v) is 9.99. The molecule has 2 amide bonds. The normalized spacial score (nSPS) is 10.9. The Kier molecular flexibility index (Phi) is 8.81. The maximum Gasteiger partial charge on any atom is 0.270 e. The molecule has 0 aliphatic carbocycles. The van der Waals surface area contributed by atoms with Crippen molar-refractivity contribution < 1.29 is 29.6 Å². The third kappa shape index (κ3) is 7.91. The number of nitrogens with one attached hydrogen (secondary N) is 2. The van der Waals surface area contributed by atoms with Crippen LogP contribution in [0.5, 0.6) is 11.5 Å². The van der Waals surface area contributed by atoms with Gasteiger partial charge in [-0.05, 0) is 12.1 Å². The highest BCUT2D eigenvalue weighted by atomic mass is 32.2. The van der Waals surface area contributed by atoms with E-state index in [2.05, 4.69) is 21.1 Å². The van der Waals surface area contributed by atoms with Crippen LogP contribution in [0.3, 0.4) is 0 Å². The summed E-state index contributed by atoms with van der Waals surface area (Å²) in [4.78, 5) is 43.7. The largest absolute Gasteiger partial charge is 0.507 e. The van der Waals surface area contributed by atoms with Crippen molar-refractivity contribution in [3.05, 3.63) is 67.8 Å². The van der Waals surface area contributed by atoms with Gasteiger partial charge in [-0.3, -0.25) is 29.8 Å². The fourth-order valence-corrected chi connectivity index (χ4v) is 2.77. The second kappa shape index (κ2) is 11.8. The van der Waals surface area contributed by atoms with Gasteiger partial charge in [-0.25, -0.2) is 10.9 Å². The molecule has 0 heterocycles. The zero-order chi connectivity index (χ0) is 24.4. The maximum atomic E-state index is 11.7. The van der Waals surface area contributed by atoms with E-state index in [0.29, 0.717) is 0 Å². The van der Waals surface area contributed by atoms with Crippen molar-refractivity contribution >= 4 is 47.4 Å². The molecule has 33 heavy (non-hydrogen) atoms. The molecule has 0 aromatic heterocycles. The first kappa shape index (κ1) is 24.7. The van der Waals surface area contributed by atoms with E-state index in [-0.39, 0.29) is 45.5 Å². The molecule has 0 saturated heterocycles. The van der Waals surface area contributed by atoms with Gasteiger partial charge in [-0.15, -0.1) is 11.8 Å². The Bertz CT molecular complexity index is 1050. The summed E-state index contributed by atoms with van der Waals surface area (Å²) in [6.07, 6.45) is 2.07. The van der Waals surface area contributed by atoms with Crippen LogP contribution in [0.25, 0.3) is 0 Å². The number of carbonyl (C=O) groups excluding carboxylic acids is 2. The summed E-state index contributed by atoms with van der Waals surface area (Å²) in [6, 6.07) is 6.64. The maximum absolute atomic E-state index is 11.7. The molecule has 0 fully saturated rings. The molecule has 0 aliphatic rings. The van der Waals surface area contributed by atoms with E-state index in [4.69, 9.17) is 0 Å². The van der Waals surface area contributed by atoms with Crippen LogP contribution in [0, 0.1) is 20.2 Å². The highest BCUT2D eigenvalue weighted by Gasteiger charge is 2.10. The quantitative estimate of drug-likeness (QED) is 0.220. The Labute approximate surface area is 189 Å². The number of amides is 2. The van der Waals surface area contributed by atoms with E-state index in [1.54, 1.807) is 0 Å². The van der Waals surface area contributed by atoms with Crippen molar-refractivity contribution in [2.75, 3.05) is 11.5 Å². The number of nitro benzene ring substituents is 2. The third-order valence-electron chi connectivity index (χ3n) is 3.70. The van der Waals surface area contributed by atoms with Crippen molar-refractivity contribution in [3.8, 4) is 11.5 Å². The number of aromatic hydroxyl groups is 2. The number of non-ortho nitro benzene ring substituents is 2. The fourth-order valence-electron chi connectivity index (χ4n) is 2.17. The van der Waals surface area contributed by atoms with E-state index in [1.165, 1.54) is 0 Å². The molecule has 0 atom stereocenters. The average molecular weight is 476 g/mol. The Hall–Kier alpha value is -4.53. The van der Waals surface area contributed by atoms with Gasteiger partial charge in [0.15, 0.2) is 0 Å². The minimum Gasteiger partial charge on any atom is -0.507 e. The predicted molar refractivity (Wildman–Crippen MR) is 118 cm³/mol. The Morgan fingerprint density at radius 1 is 0.848 bits per heavy atom. The predicted octanol–water partition coefficient (Wildman–Crippen LogP) is 1.25. The molecule has 0 spiro atoms. The molecule has 172 valence electrons. The molecule has 0 bridgehead atoms. The van der Waals surface area contributed by atoms with Gasteiger partial charge in [0.25, 0.3) is 11.4 Å². The molecule has 0 radical (unpaired) electrons. The molecule has 0 saturated carbocycles. The van der Waals surface area contributed by atoms with Crippen LogP contribution >= 0.6 is 11.8 Å². The summed E-state index contributed by atoms with van der Waals surface area (Å²) < 4.78 is 0. The van der Waals surface area contributed by atoms with Crippen molar-refractivity contribution in [1.29, 1.82) is 0 Å². The van der Waals surface area contributed by atoms with Gasteiger partial charge in [0.1, 0.15) is 11.5 Å². The number of hydrazone groups is 2. The van der Waals surface area contributed by atoms with Gasteiger partial charge in [-0.2, -0.15) is 10.2 Å². The van der Waals surface area contributed by atoms with Gasteiger partial charge >= 0.3 is 0 Å². The number of benzene rings is 2. The lowest BCUT2D eigenvalue weighted by Gasteiger charge is -2.02. The summed E-state index contributed by atoms with van der Waals surface area (Å²) in [5, 5.41) is 48.0. The van der Waals surface area contributed by atoms with Crippen LogP contribution < -0.4 is 10.9 Å². The van der Waals surface area contributed by atoms with E-state index >= 15 is 0 Å². The lowest BCUT2D eigenvalue weighted by Crippen LogP contribution is -2.23. The standard InChI is InChI=1S/C18H16N6O8S/c25-15-3-1-13(23(29)30)5-11(15)7-19-21-17(27)9-33-10-18(28)22-20-8-12-6-14(24(31)32)2-4-16(12)26/h1-8,25-26H,9-10H2,(H,21,27)(H,22,28)/b19-7-,20-8+. The SMILES string of the molecule is O=C(CSCC(=O)N/N=C/c1cc([N+](=O)[O-])ccc1O)N/N=C\c1cc([N+](=O)[O-])ccc1O. The highest BCUT2D eigenvalue weighted by molar-refractivity contribution is 8.00. The molecular weight excluding hydrogens is 460 g/mol. The lowest BCUT2D eigenvalue weighted by atomic mass is 10.2. The zero-order valence-electron chi connectivity index (χ0n) is 16.6. The molecule has 0 unspecified atom stereocenters. The molecule has 0 aliphatic heterocycles. The number of hydrogen-bond acceptors (Lipinski definition) is 11. The molecular formula is C18H16N6O8S. The van der Waals surface area contributed by atoms with Gasteiger partial charge in [0, 0.05) is 35.4 Å².